The van der Waals surface area contributed by atoms with Crippen molar-refractivity contribution in [1.82, 2.24) is 10.6 Å². The second-order valence-electron chi connectivity index (χ2n) is 6.24. The van der Waals surface area contributed by atoms with E-state index in [1.807, 2.05) is 31.2 Å². The highest BCUT2D eigenvalue weighted by Gasteiger charge is 2.23. The van der Waals surface area contributed by atoms with E-state index in [0.29, 0.717) is 23.8 Å². The molecule has 112 valence electrons. The van der Waals surface area contributed by atoms with E-state index >= 15 is 0 Å². The maximum absolute atomic E-state index is 8.46. The molecule has 0 aliphatic carbocycles. The van der Waals surface area contributed by atoms with Gasteiger partial charge < -0.3 is 16.4 Å². The van der Waals surface area contributed by atoms with Gasteiger partial charge in [-0.05, 0) is 27.7 Å². The van der Waals surface area contributed by atoms with Crippen LogP contribution in [0.3, 0.4) is 0 Å². The molecule has 0 aromatic heterocycles. The third-order valence-corrected chi connectivity index (χ3v) is 3.10. The number of hydrogen-bond acceptors (Lipinski definition) is 5. The first kappa shape index (κ1) is 15.1. The van der Waals surface area contributed by atoms with E-state index in [9.17, 15) is 0 Å². The Hall–Kier alpha value is -2.30. The summed E-state index contributed by atoms with van der Waals surface area (Å²) < 4.78 is 0. The zero-order valence-corrected chi connectivity index (χ0v) is 13.0. The van der Waals surface area contributed by atoms with Crippen LogP contribution in [0.1, 0.15) is 31.9 Å². The van der Waals surface area contributed by atoms with Crippen molar-refractivity contribution in [3.8, 4) is 0 Å². The highest BCUT2D eigenvalue weighted by atomic mass is 15.2. The molecular weight excluding hydrogens is 262 g/mol. The van der Waals surface area contributed by atoms with Gasteiger partial charge in [-0.15, -0.1) is 0 Å². The summed E-state index contributed by atoms with van der Waals surface area (Å²) in [6, 6.07) is 7.85. The zero-order chi connectivity index (χ0) is 15.6. The van der Waals surface area contributed by atoms with Crippen molar-refractivity contribution in [3.05, 3.63) is 46.8 Å². The fraction of sp³-hybridized carbons (Fsp3) is 0.375. The Bertz CT molecular complexity index is 603. The molecule has 0 spiro atoms. The number of aliphatic imine (C=N–C) groups is 1. The number of nitrogens with zero attached hydrogens (tertiary/aromatic N) is 1. The molecule has 5 N–H and O–H groups in total. The lowest BCUT2D eigenvalue weighted by Gasteiger charge is -2.29. The first-order valence-corrected chi connectivity index (χ1v) is 7.00. The van der Waals surface area contributed by atoms with Crippen molar-refractivity contribution in [2.45, 2.75) is 33.2 Å². The number of benzene rings is 1. The molecule has 0 saturated carbocycles. The Kier molecular flexibility index (Phi) is 4.02. The van der Waals surface area contributed by atoms with Crippen molar-refractivity contribution in [2.75, 3.05) is 6.67 Å². The third-order valence-electron chi connectivity index (χ3n) is 3.10. The summed E-state index contributed by atoms with van der Waals surface area (Å²) in [5.74, 6) is 1.16. The van der Waals surface area contributed by atoms with E-state index in [-0.39, 0.29) is 5.54 Å². The first-order chi connectivity index (χ1) is 9.78. The van der Waals surface area contributed by atoms with E-state index in [4.69, 9.17) is 11.1 Å². The summed E-state index contributed by atoms with van der Waals surface area (Å²) in [7, 11) is 0. The van der Waals surface area contributed by atoms with Crippen LogP contribution in [0.4, 0.5) is 0 Å². The van der Waals surface area contributed by atoms with Crippen molar-refractivity contribution in [2.24, 2.45) is 10.7 Å². The van der Waals surface area contributed by atoms with Crippen molar-refractivity contribution < 1.29 is 0 Å². The quantitative estimate of drug-likeness (QED) is 0.640. The van der Waals surface area contributed by atoms with Gasteiger partial charge in [0.05, 0.1) is 11.3 Å². The summed E-state index contributed by atoms with van der Waals surface area (Å²) in [6.45, 7) is 8.65. The molecule has 5 nitrogen and oxygen atoms in total. The Balaban J connectivity index is 2.42. The van der Waals surface area contributed by atoms with Crippen LogP contribution in [0.2, 0.25) is 0 Å². The molecule has 0 saturated heterocycles. The Morgan fingerprint density at radius 3 is 2.48 bits per heavy atom. The molecule has 1 aromatic carbocycles. The van der Waals surface area contributed by atoms with Gasteiger partial charge >= 0.3 is 0 Å². The van der Waals surface area contributed by atoms with Crippen LogP contribution in [0.15, 0.2) is 40.7 Å². The van der Waals surface area contributed by atoms with Crippen LogP contribution < -0.4 is 16.4 Å². The number of amidine groups is 1. The lowest BCUT2D eigenvalue weighted by molar-refractivity contribution is 0.451. The number of nitrogens with one attached hydrogen (secondary N) is 3. The molecule has 21 heavy (non-hydrogen) atoms. The molecule has 2 rings (SSSR count). The minimum absolute atomic E-state index is 0.126. The maximum Gasteiger partial charge on any atom is 0.133 e. The second-order valence-corrected chi connectivity index (χ2v) is 6.24. The van der Waals surface area contributed by atoms with Crippen LogP contribution in [-0.2, 0) is 0 Å². The molecule has 1 aliphatic heterocycles. The topological polar surface area (TPSA) is 86.3 Å². The molecule has 0 atom stereocenters. The average Bonchev–Trinajstić information content (AvgIpc) is 2.37. The first-order valence-electron chi connectivity index (χ1n) is 7.00. The second kappa shape index (κ2) is 5.60. The van der Waals surface area contributed by atoms with Crippen LogP contribution in [0.25, 0.3) is 0 Å². The molecule has 1 aliphatic rings. The highest BCUT2D eigenvalue weighted by molar-refractivity contribution is 6.28. The zero-order valence-electron chi connectivity index (χ0n) is 13.0. The molecule has 1 heterocycles. The predicted octanol–water partition coefficient (Wildman–Crippen LogP) is 1.88. The van der Waals surface area contributed by atoms with Crippen LogP contribution in [-0.4, -0.2) is 23.8 Å². The number of nitrogens with two attached hydrogens (primary N) is 1. The Labute approximate surface area is 125 Å². The van der Waals surface area contributed by atoms with Gasteiger partial charge in [0.2, 0.25) is 0 Å². The largest absolute Gasteiger partial charge is 0.383 e. The van der Waals surface area contributed by atoms with Gasteiger partial charge in [-0.25, -0.2) is 4.99 Å². The van der Waals surface area contributed by atoms with Gasteiger partial charge in [0.25, 0.3) is 0 Å². The molecular formula is C16H23N5. The van der Waals surface area contributed by atoms with Gasteiger partial charge in [0, 0.05) is 11.1 Å². The lowest BCUT2D eigenvalue weighted by Crippen LogP contribution is -2.45. The minimum atomic E-state index is -0.126. The van der Waals surface area contributed by atoms with Gasteiger partial charge in [-0.2, -0.15) is 0 Å². The summed E-state index contributed by atoms with van der Waals surface area (Å²) in [4.78, 5) is 4.20. The van der Waals surface area contributed by atoms with Crippen molar-refractivity contribution >= 4 is 11.5 Å². The van der Waals surface area contributed by atoms with Crippen molar-refractivity contribution in [3.63, 3.8) is 0 Å². The molecule has 5 heteroatoms. The van der Waals surface area contributed by atoms with Crippen molar-refractivity contribution in [1.29, 1.82) is 5.41 Å². The monoisotopic (exact) mass is 285 g/mol. The average molecular weight is 285 g/mol. The molecule has 0 bridgehead atoms. The fourth-order valence-electron chi connectivity index (χ4n) is 2.10. The summed E-state index contributed by atoms with van der Waals surface area (Å²) >= 11 is 0. The normalized spacial score (nSPS) is 15.3. The van der Waals surface area contributed by atoms with Crippen LogP contribution in [0, 0.1) is 12.3 Å². The smallest absolute Gasteiger partial charge is 0.133 e. The van der Waals surface area contributed by atoms with Crippen LogP contribution >= 0.6 is 0 Å². The highest BCUT2D eigenvalue weighted by Crippen LogP contribution is 2.16. The summed E-state index contributed by atoms with van der Waals surface area (Å²) in [5, 5.41) is 15.0. The number of hydrogen-bond donors (Lipinski definition) is 4. The van der Waals surface area contributed by atoms with Gasteiger partial charge in [0.15, 0.2) is 0 Å². The van der Waals surface area contributed by atoms with Crippen LogP contribution in [0.5, 0.6) is 0 Å². The molecule has 0 amide bonds. The van der Waals surface area contributed by atoms with E-state index in [2.05, 4.69) is 36.4 Å². The summed E-state index contributed by atoms with van der Waals surface area (Å²) in [5.41, 5.74) is 8.89. The molecule has 0 unspecified atom stereocenters. The van der Waals surface area contributed by atoms with Gasteiger partial charge in [-0.3, -0.25) is 5.41 Å². The maximum atomic E-state index is 8.46. The van der Waals surface area contributed by atoms with E-state index < -0.39 is 0 Å². The van der Waals surface area contributed by atoms with Gasteiger partial charge in [-0.1, -0.05) is 29.8 Å². The number of rotatable bonds is 3. The third kappa shape index (κ3) is 3.62. The minimum Gasteiger partial charge on any atom is -0.383 e. The Morgan fingerprint density at radius 1 is 1.29 bits per heavy atom. The Morgan fingerprint density at radius 2 is 1.90 bits per heavy atom. The SMILES string of the molecule is Cc1ccc(C(=N)C2=C(NC(C)(C)C)NCN=C2N)cc1. The van der Waals surface area contributed by atoms with E-state index in [1.54, 1.807) is 0 Å². The number of aryl methyl sites for hydroxylation is 1. The predicted molar refractivity (Wildman–Crippen MR) is 87.5 cm³/mol. The molecule has 0 fully saturated rings. The molecule has 0 radical (unpaired) electrons. The summed E-state index contributed by atoms with van der Waals surface area (Å²) in [6.07, 6.45) is 0. The van der Waals surface area contributed by atoms with E-state index in [1.165, 1.54) is 0 Å². The fourth-order valence-corrected chi connectivity index (χ4v) is 2.10. The lowest BCUT2D eigenvalue weighted by atomic mass is 9.99. The van der Waals surface area contributed by atoms with E-state index in [0.717, 1.165) is 16.9 Å². The van der Waals surface area contributed by atoms with Gasteiger partial charge in [0.1, 0.15) is 18.3 Å². The molecule has 1 aromatic rings. The standard InChI is InChI=1S/C16H23N5/c1-10-5-7-11(8-6-10)13(17)12-14(18)19-9-20-15(12)21-16(2,3)4/h5-8,17,20-21H,9H2,1-4H3,(H2,18,19).